The standard InChI is InChI=1S/C15H13ClN2O2/c1-19-14-12(6-3-7-17-14)10-4-2-5-11(8-10)13-9-18-15(16)20-13/h2-9,14,17H,1H3. The third-order valence-electron chi connectivity index (χ3n) is 3.10. The van der Waals surface area contributed by atoms with Gasteiger partial charge in [-0.05, 0) is 35.5 Å². The molecule has 0 radical (unpaired) electrons. The Morgan fingerprint density at radius 1 is 1.35 bits per heavy atom. The van der Waals surface area contributed by atoms with Crippen molar-refractivity contribution in [3.63, 3.8) is 0 Å². The number of nitrogens with zero attached hydrogens (tertiary/aromatic N) is 1. The molecule has 1 unspecified atom stereocenters. The van der Waals surface area contributed by atoms with Crippen molar-refractivity contribution < 1.29 is 9.15 Å². The van der Waals surface area contributed by atoms with Gasteiger partial charge in [-0.25, -0.2) is 4.98 Å². The molecule has 1 aliphatic heterocycles. The van der Waals surface area contributed by atoms with E-state index in [-0.39, 0.29) is 11.6 Å². The molecule has 2 heterocycles. The van der Waals surface area contributed by atoms with Crippen LogP contribution in [0.25, 0.3) is 16.9 Å². The minimum Gasteiger partial charge on any atom is -0.428 e. The molecule has 2 aromatic rings. The van der Waals surface area contributed by atoms with Crippen LogP contribution in [0.2, 0.25) is 5.35 Å². The first-order chi connectivity index (χ1) is 9.78. The molecule has 3 rings (SSSR count). The Hall–Kier alpha value is -2.04. The van der Waals surface area contributed by atoms with E-state index >= 15 is 0 Å². The molecule has 1 aromatic heterocycles. The number of rotatable bonds is 3. The maximum Gasteiger partial charge on any atom is 0.292 e. The van der Waals surface area contributed by atoms with Gasteiger partial charge in [-0.15, -0.1) is 0 Å². The van der Waals surface area contributed by atoms with Gasteiger partial charge >= 0.3 is 0 Å². The maximum absolute atomic E-state index is 5.72. The van der Waals surface area contributed by atoms with E-state index in [1.54, 1.807) is 13.3 Å². The van der Waals surface area contributed by atoms with Gasteiger partial charge in [0.25, 0.3) is 5.35 Å². The minimum absolute atomic E-state index is 0.140. The highest BCUT2D eigenvalue weighted by molar-refractivity contribution is 6.27. The summed E-state index contributed by atoms with van der Waals surface area (Å²) in [6.07, 6.45) is 7.29. The molecule has 1 atom stereocenters. The predicted molar refractivity (Wildman–Crippen MR) is 78.0 cm³/mol. The van der Waals surface area contributed by atoms with Gasteiger partial charge in [-0.2, -0.15) is 0 Å². The molecule has 20 heavy (non-hydrogen) atoms. The number of methoxy groups -OCH3 is 1. The van der Waals surface area contributed by atoms with Gasteiger partial charge in [0, 0.05) is 18.2 Å². The topological polar surface area (TPSA) is 47.3 Å². The van der Waals surface area contributed by atoms with Gasteiger partial charge in [-0.3, -0.25) is 0 Å². The first-order valence-corrected chi connectivity index (χ1v) is 6.53. The van der Waals surface area contributed by atoms with Crippen molar-refractivity contribution in [1.29, 1.82) is 0 Å². The van der Waals surface area contributed by atoms with Crippen molar-refractivity contribution in [2.45, 2.75) is 6.23 Å². The average molecular weight is 289 g/mol. The lowest BCUT2D eigenvalue weighted by atomic mass is 9.99. The Bertz CT molecular complexity index is 676. The van der Waals surface area contributed by atoms with Crippen LogP contribution in [0.3, 0.4) is 0 Å². The van der Waals surface area contributed by atoms with Crippen molar-refractivity contribution in [3.05, 3.63) is 59.7 Å². The third kappa shape index (κ3) is 2.48. The molecule has 1 N–H and O–H groups in total. The predicted octanol–water partition coefficient (Wildman–Crippen LogP) is 3.47. The van der Waals surface area contributed by atoms with Crippen molar-refractivity contribution in [1.82, 2.24) is 10.3 Å². The highest BCUT2D eigenvalue weighted by Gasteiger charge is 2.16. The molecule has 0 saturated carbocycles. The lowest BCUT2D eigenvalue weighted by Gasteiger charge is -2.22. The summed E-state index contributed by atoms with van der Waals surface area (Å²) < 4.78 is 10.8. The van der Waals surface area contributed by atoms with Gasteiger partial charge in [-0.1, -0.05) is 24.3 Å². The highest BCUT2D eigenvalue weighted by Crippen LogP contribution is 2.28. The number of benzene rings is 1. The fraction of sp³-hybridized carbons (Fsp3) is 0.133. The number of hydrogen-bond donors (Lipinski definition) is 1. The molecule has 1 aromatic carbocycles. The number of hydrogen-bond acceptors (Lipinski definition) is 4. The molecule has 0 amide bonds. The van der Waals surface area contributed by atoms with E-state index < -0.39 is 0 Å². The fourth-order valence-electron chi connectivity index (χ4n) is 2.15. The molecule has 0 spiro atoms. The lowest BCUT2D eigenvalue weighted by molar-refractivity contribution is 0.131. The number of aromatic nitrogens is 1. The van der Waals surface area contributed by atoms with Crippen LogP contribution < -0.4 is 5.32 Å². The summed E-state index contributed by atoms with van der Waals surface area (Å²) in [5.74, 6) is 0.644. The zero-order chi connectivity index (χ0) is 13.9. The van der Waals surface area contributed by atoms with Crippen molar-refractivity contribution >= 4 is 17.2 Å². The third-order valence-corrected chi connectivity index (χ3v) is 3.27. The van der Waals surface area contributed by atoms with E-state index in [9.17, 15) is 0 Å². The largest absolute Gasteiger partial charge is 0.428 e. The zero-order valence-corrected chi connectivity index (χ0v) is 11.6. The monoisotopic (exact) mass is 288 g/mol. The second-order valence-corrected chi connectivity index (χ2v) is 4.65. The van der Waals surface area contributed by atoms with Gasteiger partial charge in [0.05, 0.1) is 6.20 Å². The molecule has 102 valence electrons. The average Bonchev–Trinajstić information content (AvgIpc) is 2.94. The summed E-state index contributed by atoms with van der Waals surface area (Å²) in [7, 11) is 1.67. The molecule has 1 aliphatic rings. The summed E-state index contributed by atoms with van der Waals surface area (Å²) in [6, 6.07) is 7.97. The van der Waals surface area contributed by atoms with Crippen molar-refractivity contribution in [2.75, 3.05) is 7.11 Å². The van der Waals surface area contributed by atoms with Crippen LogP contribution in [0.5, 0.6) is 0 Å². The highest BCUT2D eigenvalue weighted by atomic mass is 35.5. The first kappa shape index (κ1) is 13.0. The van der Waals surface area contributed by atoms with Crippen LogP contribution in [0.15, 0.2) is 53.2 Å². The van der Waals surface area contributed by atoms with Crippen molar-refractivity contribution in [2.24, 2.45) is 0 Å². The summed E-state index contributed by atoms with van der Waals surface area (Å²) in [5, 5.41) is 3.29. The van der Waals surface area contributed by atoms with Gasteiger partial charge in [0.15, 0.2) is 12.0 Å². The van der Waals surface area contributed by atoms with E-state index in [0.717, 1.165) is 16.7 Å². The van der Waals surface area contributed by atoms with Gasteiger partial charge in [0.2, 0.25) is 0 Å². The second-order valence-electron chi connectivity index (χ2n) is 4.32. The Labute approximate surface area is 121 Å². The Kier molecular flexibility index (Phi) is 3.58. The van der Waals surface area contributed by atoms with E-state index in [1.165, 1.54) is 0 Å². The van der Waals surface area contributed by atoms with Crippen LogP contribution in [-0.4, -0.2) is 18.3 Å². The van der Waals surface area contributed by atoms with E-state index in [4.69, 9.17) is 20.8 Å². The Morgan fingerprint density at radius 2 is 2.20 bits per heavy atom. The summed E-state index contributed by atoms with van der Waals surface area (Å²) in [6.45, 7) is 0. The number of halogens is 1. The van der Waals surface area contributed by atoms with Crippen LogP contribution in [0.1, 0.15) is 5.56 Å². The van der Waals surface area contributed by atoms with E-state index in [2.05, 4.69) is 10.3 Å². The second kappa shape index (κ2) is 5.53. The molecule has 4 nitrogen and oxygen atoms in total. The van der Waals surface area contributed by atoms with Crippen LogP contribution in [0.4, 0.5) is 0 Å². The molecular formula is C15H13ClN2O2. The first-order valence-electron chi connectivity index (χ1n) is 6.15. The quantitative estimate of drug-likeness (QED) is 0.939. The molecular weight excluding hydrogens is 276 g/mol. The fourth-order valence-corrected chi connectivity index (χ4v) is 2.28. The summed E-state index contributed by atoms with van der Waals surface area (Å²) >= 11 is 5.72. The smallest absolute Gasteiger partial charge is 0.292 e. The number of oxazole rings is 1. The molecule has 0 aliphatic carbocycles. The Morgan fingerprint density at radius 3 is 2.95 bits per heavy atom. The normalized spacial score (nSPS) is 17.7. The molecule has 0 fully saturated rings. The van der Waals surface area contributed by atoms with Crippen molar-refractivity contribution in [3.8, 4) is 11.3 Å². The number of nitrogens with one attached hydrogen (secondary N) is 1. The summed E-state index contributed by atoms with van der Waals surface area (Å²) in [4.78, 5) is 3.90. The molecule has 0 bridgehead atoms. The minimum atomic E-state index is -0.159. The van der Waals surface area contributed by atoms with Gasteiger partial charge < -0.3 is 14.5 Å². The van der Waals surface area contributed by atoms with Crippen LogP contribution in [0, 0.1) is 0 Å². The molecule has 0 saturated heterocycles. The lowest BCUT2D eigenvalue weighted by Crippen LogP contribution is -2.29. The molecule has 5 heteroatoms. The van der Waals surface area contributed by atoms with Gasteiger partial charge in [0.1, 0.15) is 0 Å². The van der Waals surface area contributed by atoms with Crippen LogP contribution >= 0.6 is 11.6 Å². The summed E-state index contributed by atoms with van der Waals surface area (Å²) in [5.41, 5.74) is 3.04. The zero-order valence-electron chi connectivity index (χ0n) is 10.8. The number of ether oxygens (including phenoxy) is 1. The number of dihydropyridines is 1. The van der Waals surface area contributed by atoms with E-state index in [1.807, 2.05) is 42.6 Å². The number of allylic oxidation sites excluding steroid dienone is 2. The Balaban J connectivity index is 1.99. The van der Waals surface area contributed by atoms with E-state index in [0.29, 0.717) is 5.76 Å². The maximum atomic E-state index is 5.72. The van der Waals surface area contributed by atoms with Crippen LogP contribution in [-0.2, 0) is 4.74 Å². The SMILES string of the molecule is COC1NC=CC=C1c1cccc(-c2cnc(Cl)o2)c1.